The molecule has 0 aliphatic rings. The van der Waals surface area contributed by atoms with E-state index < -0.39 is 0 Å². The number of carbonyl (C=O) groups is 1. The fraction of sp³-hybridized carbons (Fsp3) is 0.500. The number of hydrogen-bond acceptors (Lipinski definition) is 2. The molecule has 0 spiro atoms. The molecular weight excluding hydrogens is 346 g/mol. The third-order valence-electron chi connectivity index (χ3n) is 2.69. The number of thioether (sulfide) groups is 1. The molecule has 0 atom stereocenters. The van der Waals surface area contributed by atoms with Crippen molar-refractivity contribution < 1.29 is 4.79 Å². The van der Waals surface area contributed by atoms with Gasteiger partial charge in [-0.25, -0.2) is 0 Å². The van der Waals surface area contributed by atoms with Crippen molar-refractivity contribution in [3.05, 3.63) is 33.3 Å². The van der Waals surface area contributed by atoms with Gasteiger partial charge in [-0.2, -0.15) is 11.8 Å². The van der Waals surface area contributed by atoms with Crippen LogP contribution in [-0.2, 0) is 0 Å². The summed E-state index contributed by atoms with van der Waals surface area (Å²) >= 11 is 11.1. The summed E-state index contributed by atoms with van der Waals surface area (Å²) < 4.78 is 0.821. The molecule has 1 aromatic rings. The Kier molecular flexibility index (Phi) is 8.58. The molecule has 0 aromatic heterocycles. The molecule has 1 N–H and O–H groups in total. The Hall–Kier alpha value is -0.190. The summed E-state index contributed by atoms with van der Waals surface area (Å²) in [6, 6.07) is 5.23. The second-order valence-corrected chi connectivity index (χ2v) is 6.66. The van der Waals surface area contributed by atoms with Crippen molar-refractivity contribution >= 4 is 45.2 Å². The van der Waals surface area contributed by atoms with Gasteiger partial charge in [0.15, 0.2) is 0 Å². The molecule has 1 amide bonds. The summed E-state index contributed by atoms with van der Waals surface area (Å²) in [5.74, 6) is 1.16. The molecule has 19 heavy (non-hydrogen) atoms. The van der Waals surface area contributed by atoms with E-state index in [0.29, 0.717) is 10.6 Å². The molecule has 0 radical (unpaired) electrons. The zero-order valence-corrected chi connectivity index (χ0v) is 14.2. The second kappa shape index (κ2) is 9.67. The fourth-order valence-corrected chi connectivity index (χ4v) is 3.07. The minimum absolute atomic E-state index is 0.0627. The molecule has 0 saturated carbocycles. The number of amides is 1. The molecule has 0 saturated heterocycles. The first-order chi connectivity index (χ1) is 9.13. The van der Waals surface area contributed by atoms with Gasteiger partial charge in [-0.05, 0) is 43.0 Å². The van der Waals surface area contributed by atoms with Crippen molar-refractivity contribution in [1.82, 2.24) is 5.32 Å². The molecular formula is C14H19BrClNOS. The zero-order valence-electron chi connectivity index (χ0n) is 11.0. The normalized spacial score (nSPS) is 10.5. The average molecular weight is 365 g/mol. The van der Waals surface area contributed by atoms with Crippen LogP contribution in [0.3, 0.4) is 0 Å². The molecule has 1 rings (SSSR count). The standard InChI is InChI=1S/C14H19BrClNOS/c1-19-7-5-3-2-4-6-17-14(18)11-8-12(15)10-13(16)9-11/h8-10H,2-7H2,1H3,(H,17,18). The number of halogens is 2. The monoisotopic (exact) mass is 363 g/mol. The lowest BCUT2D eigenvalue weighted by Gasteiger charge is -2.06. The number of benzene rings is 1. The smallest absolute Gasteiger partial charge is 0.251 e. The van der Waals surface area contributed by atoms with Crippen LogP contribution in [-0.4, -0.2) is 24.5 Å². The summed E-state index contributed by atoms with van der Waals surface area (Å²) in [6.07, 6.45) is 6.82. The maximum Gasteiger partial charge on any atom is 0.251 e. The molecule has 0 aliphatic carbocycles. The summed E-state index contributed by atoms with van der Waals surface area (Å²) in [6.45, 7) is 0.724. The van der Waals surface area contributed by atoms with Gasteiger partial charge in [0.05, 0.1) is 0 Å². The molecule has 0 fully saturated rings. The predicted molar refractivity (Wildman–Crippen MR) is 88.3 cm³/mol. The molecule has 106 valence electrons. The fourth-order valence-electron chi connectivity index (χ4n) is 1.71. The van der Waals surface area contributed by atoms with Gasteiger partial charge in [0.25, 0.3) is 5.91 Å². The van der Waals surface area contributed by atoms with Gasteiger partial charge in [0.1, 0.15) is 0 Å². The zero-order chi connectivity index (χ0) is 14.1. The van der Waals surface area contributed by atoms with Crippen molar-refractivity contribution in [1.29, 1.82) is 0 Å². The lowest BCUT2D eigenvalue weighted by atomic mass is 10.2. The highest BCUT2D eigenvalue weighted by Gasteiger charge is 2.06. The SMILES string of the molecule is CSCCCCCCNC(=O)c1cc(Cl)cc(Br)c1. The minimum atomic E-state index is -0.0627. The van der Waals surface area contributed by atoms with E-state index in [4.69, 9.17) is 11.6 Å². The Morgan fingerprint density at radius 2 is 2.00 bits per heavy atom. The Morgan fingerprint density at radius 3 is 2.68 bits per heavy atom. The van der Waals surface area contributed by atoms with E-state index in [1.54, 1.807) is 18.2 Å². The number of rotatable bonds is 8. The Labute approximate surface area is 132 Å². The maximum atomic E-state index is 11.9. The Balaban J connectivity index is 2.24. The van der Waals surface area contributed by atoms with Crippen molar-refractivity contribution in [2.45, 2.75) is 25.7 Å². The predicted octanol–water partition coefficient (Wildman–Crippen LogP) is 4.76. The second-order valence-electron chi connectivity index (χ2n) is 4.32. The Bertz CT molecular complexity index is 394. The van der Waals surface area contributed by atoms with E-state index in [1.807, 2.05) is 11.8 Å². The summed E-state index contributed by atoms with van der Waals surface area (Å²) in [4.78, 5) is 11.9. The first-order valence-corrected chi connectivity index (χ1v) is 8.93. The van der Waals surface area contributed by atoms with E-state index in [9.17, 15) is 4.79 Å². The largest absolute Gasteiger partial charge is 0.352 e. The number of unbranched alkanes of at least 4 members (excludes halogenated alkanes) is 3. The van der Waals surface area contributed by atoms with Gasteiger partial charge < -0.3 is 5.32 Å². The van der Waals surface area contributed by atoms with E-state index >= 15 is 0 Å². The molecule has 0 heterocycles. The van der Waals surface area contributed by atoms with Gasteiger partial charge in [-0.1, -0.05) is 40.4 Å². The first kappa shape index (κ1) is 16.9. The molecule has 0 bridgehead atoms. The number of nitrogens with one attached hydrogen (secondary N) is 1. The van der Waals surface area contributed by atoms with Crippen LogP contribution >= 0.6 is 39.3 Å². The van der Waals surface area contributed by atoms with Crippen molar-refractivity contribution in [3.63, 3.8) is 0 Å². The average Bonchev–Trinajstić information content (AvgIpc) is 2.36. The van der Waals surface area contributed by atoms with Crippen molar-refractivity contribution in [3.8, 4) is 0 Å². The van der Waals surface area contributed by atoms with Crippen LogP contribution in [0.1, 0.15) is 36.0 Å². The van der Waals surface area contributed by atoms with Crippen LogP contribution in [0.2, 0.25) is 5.02 Å². The van der Waals surface area contributed by atoms with E-state index in [1.165, 1.54) is 25.0 Å². The lowest BCUT2D eigenvalue weighted by molar-refractivity contribution is 0.0953. The third-order valence-corrected chi connectivity index (χ3v) is 4.06. The minimum Gasteiger partial charge on any atom is -0.352 e. The van der Waals surface area contributed by atoms with E-state index in [0.717, 1.165) is 17.4 Å². The van der Waals surface area contributed by atoms with Crippen LogP contribution in [0.15, 0.2) is 22.7 Å². The van der Waals surface area contributed by atoms with Crippen LogP contribution in [0.5, 0.6) is 0 Å². The van der Waals surface area contributed by atoms with Crippen molar-refractivity contribution in [2.24, 2.45) is 0 Å². The Morgan fingerprint density at radius 1 is 1.26 bits per heavy atom. The van der Waals surface area contributed by atoms with Gasteiger partial charge >= 0.3 is 0 Å². The third kappa shape index (κ3) is 7.23. The molecule has 2 nitrogen and oxygen atoms in total. The number of hydrogen-bond donors (Lipinski definition) is 1. The van der Waals surface area contributed by atoms with Gasteiger partial charge in [-0.15, -0.1) is 0 Å². The highest BCUT2D eigenvalue weighted by Crippen LogP contribution is 2.19. The number of carbonyl (C=O) groups excluding carboxylic acids is 1. The summed E-state index contributed by atoms with van der Waals surface area (Å²) in [7, 11) is 0. The van der Waals surface area contributed by atoms with Crippen LogP contribution in [0, 0.1) is 0 Å². The van der Waals surface area contributed by atoms with Crippen LogP contribution in [0.4, 0.5) is 0 Å². The van der Waals surface area contributed by atoms with E-state index in [2.05, 4.69) is 27.5 Å². The molecule has 0 aliphatic heterocycles. The van der Waals surface area contributed by atoms with E-state index in [-0.39, 0.29) is 5.91 Å². The van der Waals surface area contributed by atoms with Gasteiger partial charge in [0.2, 0.25) is 0 Å². The van der Waals surface area contributed by atoms with Crippen LogP contribution < -0.4 is 5.32 Å². The molecule has 5 heteroatoms. The quantitative estimate of drug-likeness (QED) is 0.674. The molecule has 1 aromatic carbocycles. The van der Waals surface area contributed by atoms with Crippen molar-refractivity contribution in [2.75, 3.05) is 18.6 Å². The van der Waals surface area contributed by atoms with Crippen LogP contribution in [0.25, 0.3) is 0 Å². The molecule has 0 unspecified atom stereocenters. The maximum absolute atomic E-state index is 11.9. The van der Waals surface area contributed by atoms with Gasteiger partial charge in [-0.3, -0.25) is 4.79 Å². The highest BCUT2D eigenvalue weighted by atomic mass is 79.9. The lowest BCUT2D eigenvalue weighted by Crippen LogP contribution is -2.24. The topological polar surface area (TPSA) is 29.1 Å². The first-order valence-electron chi connectivity index (χ1n) is 6.36. The van der Waals surface area contributed by atoms with Gasteiger partial charge in [0, 0.05) is 21.6 Å². The highest BCUT2D eigenvalue weighted by molar-refractivity contribution is 9.10. The summed E-state index contributed by atoms with van der Waals surface area (Å²) in [5.41, 5.74) is 0.599. The summed E-state index contributed by atoms with van der Waals surface area (Å²) in [5, 5.41) is 3.49.